The van der Waals surface area contributed by atoms with Crippen molar-refractivity contribution in [3.63, 3.8) is 0 Å². The number of carbonyl (C=O) groups excluding carboxylic acids is 2. The van der Waals surface area contributed by atoms with E-state index in [-0.39, 0.29) is 18.4 Å². The maximum Gasteiger partial charge on any atom is 0.240 e. The number of hydrogen-bond donors (Lipinski definition) is 3. The van der Waals surface area contributed by atoms with Crippen molar-refractivity contribution in [3.05, 3.63) is 29.6 Å². The molecule has 1 fully saturated rings. The summed E-state index contributed by atoms with van der Waals surface area (Å²) in [5.41, 5.74) is 6.44. The lowest BCUT2D eigenvalue weighted by atomic mass is 10.1. The smallest absolute Gasteiger partial charge is 0.240 e. The fraction of sp³-hybridized carbons (Fsp3) is 0.429. The molecule has 0 aromatic heterocycles. The molecule has 6 heteroatoms. The molecular formula is C14H18FN3O2. The summed E-state index contributed by atoms with van der Waals surface area (Å²) in [5, 5.41) is 5.60. The second-order valence-corrected chi connectivity index (χ2v) is 5.16. The van der Waals surface area contributed by atoms with E-state index in [0.717, 1.165) is 18.4 Å². The maximum atomic E-state index is 13.3. The van der Waals surface area contributed by atoms with E-state index in [0.29, 0.717) is 5.69 Å². The monoisotopic (exact) mass is 279 g/mol. The Morgan fingerprint density at radius 3 is 2.65 bits per heavy atom. The lowest BCUT2D eigenvalue weighted by Gasteiger charge is -2.17. The van der Waals surface area contributed by atoms with Crippen molar-refractivity contribution in [1.82, 2.24) is 5.32 Å². The summed E-state index contributed by atoms with van der Waals surface area (Å²) in [6.07, 6.45) is 1.90. The van der Waals surface area contributed by atoms with Crippen molar-refractivity contribution in [2.45, 2.75) is 38.3 Å². The van der Waals surface area contributed by atoms with Gasteiger partial charge in [0.05, 0.1) is 6.42 Å². The number of nitrogens with one attached hydrogen (secondary N) is 2. The molecule has 1 aromatic carbocycles. The topological polar surface area (TPSA) is 84.2 Å². The van der Waals surface area contributed by atoms with Gasteiger partial charge in [0.25, 0.3) is 0 Å². The van der Waals surface area contributed by atoms with Crippen molar-refractivity contribution in [1.29, 1.82) is 0 Å². The predicted molar refractivity (Wildman–Crippen MR) is 73.5 cm³/mol. The van der Waals surface area contributed by atoms with Gasteiger partial charge in [0, 0.05) is 11.7 Å². The second-order valence-electron chi connectivity index (χ2n) is 5.16. The highest BCUT2D eigenvalue weighted by Gasteiger charge is 2.26. The molecular weight excluding hydrogens is 261 g/mol. The molecule has 1 aliphatic carbocycles. The van der Waals surface area contributed by atoms with Crippen LogP contribution >= 0.6 is 0 Å². The van der Waals surface area contributed by atoms with Gasteiger partial charge >= 0.3 is 0 Å². The molecule has 0 heterocycles. The summed E-state index contributed by atoms with van der Waals surface area (Å²) >= 11 is 0. The van der Waals surface area contributed by atoms with Gasteiger partial charge in [-0.3, -0.25) is 9.59 Å². The number of aryl methyl sites for hydroxylation is 1. The molecule has 0 spiro atoms. The SMILES string of the molecule is Cc1cc(F)cc(NC(CC(=O)NC2CC2)C(N)=O)c1. The Hall–Kier alpha value is -2.11. The third-order valence-corrected chi connectivity index (χ3v) is 3.06. The van der Waals surface area contributed by atoms with E-state index in [1.54, 1.807) is 13.0 Å². The summed E-state index contributed by atoms with van der Waals surface area (Å²) in [5.74, 6) is -1.27. The molecule has 1 unspecified atom stereocenters. The zero-order valence-electron chi connectivity index (χ0n) is 11.3. The Kier molecular flexibility index (Phi) is 4.22. The van der Waals surface area contributed by atoms with Crippen LogP contribution in [0.4, 0.5) is 10.1 Å². The number of primary amides is 1. The molecule has 1 atom stereocenters. The zero-order valence-corrected chi connectivity index (χ0v) is 11.3. The molecule has 2 amide bonds. The van der Waals surface area contributed by atoms with Crippen molar-refractivity contribution < 1.29 is 14.0 Å². The number of rotatable bonds is 6. The van der Waals surface area contributed by atoms with Crippen LogP contribution in [-0.4, -0.2) is 23.9 Å². The molecule has 108 valence electrons. The average Bonchev–Trinajstić information content (AvgIpc) is 3.10. The summed E-state index contributed by atoms with van der Waals surface area (Å²) in [6.45, 7) is 1.74. The summed E-state index contributed by atoms with van der Waals surface area (Å²) < 4.78 is 13.3. The van der Waals surface area contributed by atoms with Gasteiger partial charge in [0.1, 0.15) is 11.9 Å². The molecule has 0 bridgehead atoms. The lowest BCUT2D eigenvalue weighted by molar-refractivity contribution is -0.125. The van der Waals surface area contributed by atoms with Crippen LogP contribution in [0.5, 0.6) is 0 Å². The number of amides is 2. The maximum absolute atomic E-state index is 13.3. The fourth-order valence-corrected chi connectivity index (χ4v) is 1.94. The summed E-state index contributed by atoms with van der Waals surface area (Å²) in [4.78, 5) is 23.1. The highest BCUT2D eigenvalue weighted by Crippen LogP contribution is 2.19. The first kappa shape index (κ1) is 14.3. The van der Waals surface area contributed by atoms with Gasteiger partial charge in [-0.05, 0) is 43.5 Å². The Morgan fingerprint density at radius 2 is 2.10 bits per heavy atom. The minimum absolute atomic E-state index is 0.0542. The first-order valence-electron chi connectivity index (χ1n) is 6.56. The third kappa shape index (κ3) is 4.22. The minimum Gasteiger partial charge on any atom is -0.373 e. The van der Waals surface area contributed by atoms with Gasteiger partial charge in [0.2, 0.25) is 11.8 Å². The van der Waals surface area contributed by atoms with E-state index in [1.807, 2.05) is 0 Å². The van der Waals surface area contributed by atoms with Gasteiger partial charge in [-0.1, -0.05) is 0 Å². The molecule has 0 aliphatic heterocycles. The second kappa shape index (κ2) is 5.90. The quantitative estimate of drug-likeness (QED) is 0.728. The van der Waals surface area contributed by atoms with Gasteiger partial charge < -0.3 is 16.4 Å². The minimum atomic E-state index is -0.852. The number of halogens is 1. The number of anilines is 1. The molecule has 2 rings (SSSR count). The van der Waals surface area contributed by atoms with Crippen molar-refractivity contribution >= 4 is 17.5 Å². The van der Waals surface area contributed by atoms with Gasteiger partial charge in [0.15, 0.2) is 0 Å². The average molecular weight is 279 g/mol. The van der Waals surface area contributed by atoms with E-state index in [2.05, 4.69) is 10.6 Å². The highest BCUT2D eigenvalue weighted by atomic mass is 19.1. The van der Waals surface area contributed by atoms with Gasteiger partial charge in [-0.2, -0.15) is 0 Å². The number of nitrogens with two attached hydrogens (primary N) is 1. The van der Waals surface area contributed by atoms with Crippen LogP contribution in [0.25, 0.3) is 0 Å². The Bertz CT molecular complexity index is 509. The molecule has 0 saturated heterocycles. The number of hydrogen-bond acceptors (Lipinski definition) is 3. The first-order chi connectivity index (χ1) is 9.44. The van der Waals surface area contributed by atoms with Crippen molar-refractivity contribution in [2.24, 2.45) is 5.73 Å². The van der Waals surface area contributed by atoms with Gasteiger partial charge in [-0.15, -0.1) is 0 Å². The number of carbonyl (C=O) groups is 2. The van der Waals surface area contributed by atoms with E-state index in [9.17, 15) is 14.0 Å². The molecule has 1 saturated carbocycles. The zero-order chi connectivity index (χ0) is 14.7. The van der Waals surface area contributed by atoms with Crippen molar-refractivity contribution in [3.8, 4) is 0 Å². The van der Waals surface area contributed by atoms with E-state index in [4.69, 9.17) is 5.73 Å². The van der Waals surface area contributed by atoms with Crippen LogP contribution in [0.2, 0.25) is 0 Å². The molecule has 0 radical (unpaired) electrons. The van der Waals surface area contributed by atoms with E-state index < -0.39 is 17.8 Å². The molecule has 1 aromatic rings. The first-order valence-corrected chi connectivity index (χ1v) is 6.56. The van der Waals surface area contributed by atoms with Gasteiger partial charge in [-0.25, -0.2) is 4.39 Å². The molecule has 5 nitrogen and oxygen atoms in total. The highest BCUT2D eigenvalue weighted by molar-refractivity contribution is 5.89. The summed E-state index contributed by atoms with van der Waals surface area (Å²) in [7, 11) is 0. The normalized spacial score (nSPS) is 15.5. The van der Waals surface area contributed by atoms with Crippen LogP contribution < -0.4 is 16.4 Å². The Balaban J connectivity index is 2.00. The largest absolute Gasteiger partial charge is 0.373 e. The molecule has 20 heavy (non-hydrogen) atoms. The predicted octanol–water partition coefficient (Wildman–Crippen LogP) is 1.07. The van der Waals surface area contributed by atoms with Crippen LogP contribution in [0.15, 0.2) is 18.2 Å². The lowest BCUT2D eigenvalue weighted by Crippen LogP contribution is -2.40. The van der Waals surface area contributed by atoms with E-state index in [1.165, 1.54) is 12.1 Å². The van der Waals surface area contributed by atoms with Crippen LogP contribution in [0.3, 0.4) is 0 Å². The molecule has 1 aliphatic rings. The van der Waals surface area contributed by atoms with Crippen LogP contribution in [0.1, 0.15) is 24.8 Å². The standard InChI is InChI=1S/C14H18FN3O2/c1-8-4-9(15)6-11(5-8)17-12(14(16)20)7-13(19)18-10-2-3-10/h4-6,10,12,17H,2-3,7H2,1H3,(H2,16,20)(H,18,19). The van der Waals surface area contributed by atoms with Crippen LogP contribution in [-0.2, 0) is 9.59 Å². The molecule has 4 N–H and O–H groups in total. The third-order valence-electron chi connectivity index (χ3n) is 3.06. The van der Waals surface area contributed by atoms with E-state index >= 15 is 0 Å². The Morgan fingerprint density at radius 1 is 1.40 bits per heavy atom. The number of benzene rings is 1. The van der Waals surface area contributed by atoms with Crippen molar-refractivity contribution in [2.75, 3.05) is 5.32 Å². The fourth-order valence-electron chi connectivity index (χ4n) is 1.94. The Labute approximate surface area is 116 Å². The van der Waals surface area contributed by atoms with Crippen LogP contribution in [0, 0.1) is 12.7 Å². The summed E-state index contributed by atoms with van der Waals surface area (Å²) in [6, 6.07) is 3.71.